The van der Waals surface area contributed by atoms with E-state index in [0.717, 1.165) is 4.47 Å². The van der Waals surface area contributed by atoms with Crippen molar-refractivity contribution in [3.8, 4) is 0 Å². The van der Waals surface area contributed by atoms with Gasteiger partial charge in [0.15, 0.2) is 5.78 Å². The molecule has 98 valence electrons. The first-order valence-corrected chi connectivity index (χ1v) is 7.07. The normalized spacial score (nSPS) is 11.2. The van der Waals surface area contributed by atoms with Gasteiger partial charge in [0.2, 0.25) is 0 Å². The monoisotopic (exact) mass is 375 g/mol. The summed E-state index contributed by atoms with van der Waals surface area (Å²) in [7, 11) is 0. The number of benzene rings is 1. The zero-order chi connectivity index (χ0) is 13.9. The van der Waals surface area contributed by atoms with Crippen LogP contribution in [0.4, 0.5) is 0 Å². The largest absolute Gasteiger partial charge is 0.345 e. The molecule has 0 fully saturated rings. The summed E-state index contributed by atoms with van der Waals surface area (Å²) in [6, 6.07) is 5.33. The van der Waals surface area contributed by atoms with Crippen LogP contribution in [0.1, 0.15) is 31.1 Å². The molecule has 0 spiro atoms. The second-order valence-electron chi connectivity index (χ2n) is 4.98. The molecule has 0 saturated carbocycles. The highest BCUT2D eigenvalue weighted by molar-refractivity contribution is 9.11. The topological polar surface area (TPSA) is 46.2 Å². The Hall–Kier alpha value is -0.680. The van der Waals surface area contributed by atoms with Crippen LogP contribution in [0.5, 0.6) is 0 Å². The number of ketones is 1. The smallest absolute Gasteiger partial charge is 0.252 e. The molecule has 0 saturated heterocycles. The van der Waals surface area contributed by atoms with Crippen LogP contribution in [0, 0.1) is 5.41 Å². The van der Waals surface area contributed by atoms with E-state index in [4.69, 9.17) is 0 Å². The first-order chi connectivity index (χ1) is 8.21. The van der Waals surface area contributed by atoms with Crippen molar-refractivity contribution in [3.05, 3.63) is 32.7 Å². The van der Waals surface area contributed by atoms with Crippen molar-refractivity contribution >= 4 is 43.6 Å². The summed E-state index contributed by atoms with van der Waals surface area (Å²) in [5.74, 6) is -0.261. The van der Waals surface area contributed by atoms with Gasteiger partial charge in [0, 0.05) is 14.4 Å². The van der Waals surface area contributed by atoms with E-state index in [0.29, 0.717) is 10.0 Å². The number of rotatable bonds is 3. The summed E-state index contributed by atoms with van der Waals surface area (Å²) < 4.78 is 1.52. The Labute approximate surface area is 124 Å². The van der Waals surface area contributed by atoms with E-state index < -0.39 is 5.41 Å². The Bertz CT molecular complexity index is 478. The van der Waals surface area contributed by atoms with Crippen molar-refractivity contribution in [2.45, 2.75) is 20.8 Å². The SMILES string of the molecule is CC(C)(C)C(=O)CNC(=O)c1cc(Br)ccc1Br. The van der Waals surface area contributed by atoms with Gasteiger partial charge >= 0.3 is 0 Å². The summed E-state index contributed by atoms with van der Waals surface area (Å²) in [6.07, 6.45) is 0. The van der Waals surface area contributed by atoms with Gasteiger partial charge in [-0.05, 0) is 34.1 Å². The molecular weight excluding hydrogens is 362 g/mol. The predicted octanol–water partition coefficient (Wildman–Crippen LogP) is 3.56. The number of halogens is 2. The molecule has 5 heteroatoms. The van der Waals surface area contributed by atoms with E-state index in [-0.39, 0.29) is 18.2 Å². The molecule has 0 atom stereocenters. The second kappa shape index (κ2) is 5.97. The Balaban J connectivity index is 2.72. The highest BCUT2D eigenvalue weighted by Gasteiger charge is 2.21. The van der Waals surface area contributed by atoms with Crippen LogP contribution in [-0.2, 0) is 4.79 Å². The quantitative estimate of drug-likeness (QED) is 0.876. The van der Waals surface area contributed by atoms with E-state index in [1.807, 2.05) is 26.8 Å². The fourth-order valence-electron chi connectivity index (χ4n) is 1.19. The molecular formula is C13H15Br2NO2. The van der Waals surface area contributed by atoms with Crippen molar-refractivity contribution in [1.29, 1.82) is 0 Å². The molecule has 0 aliphatic heterocycles. The number of carbonyl (C=O) groups is 2. The molecule has 0 bridgehead atoms. The van der Waals surface area contributed by atoms with E-state index >= 15 is 0 Å². The molecule has 1 aromatic carbocycles. The predicted molar refractivity (Wildman–Crippen MR) is 78.6 cm³/mol. The summed E-state index contributed by atoms with van der Waals surface area (Å²) in [4.78, 5) is 23.7. The number of carbonyl (C=O) groups excluding carboxylic acids is 2. The van der Waals surface area contributed by atoms with Gasteiger partial charge in [-0.2, -0.15) is 0 Å². The number of amides is 1. The fraction of sp³-hybridized carbons (Fsp3) is 0.385. The zero-order valence-corrected chi connectivity index (χ0v) is 13.7. The molecule has 0 aliphatic carbocycles. The first kappa shape index (κ1) is 15.4. The van der Waals surface area contributed by atoms with Gasteiger partial charge in [-0.25, -0.2) is 0 Å². The Morgan fingerprint density at radius 2 is 1.83 bits per heavy atom. The van der Waals surface area contributed by atoms with E-state index in [9.17, 15) is 9.59 Å². The number of Topliss-reactive ketones (excluding diaryl/α,β-unsaturated/α-hetero) is 1. The average molecular weight is 377 g/mol. The van der Waals surface area contributed by atoms with Gasteiger partial charge < -0.3 is 5.32 Å². The first-order valence-electron chi connectivity index (χ1n) is 5.48. The molecule has 0 heterocycles. The third-order valence-corrected chi connectivity index (χ3v) is 3.60. The Kier molecular flexibility index (Phi) is 5.10. The van der Waals surface area contributed by atoms with Crippen molar-refractivity contribution in [2.75, 3.05) is 6.54 Å². The highest BCUT2D eigenvalue weighted by atomic mass is 79.9. The Morgan fingerprint density at radius 1 is 1.22 bits per heavy atom. The maximum atomic E-state index is 11.9. The lowest BCUT2D eigenvalue weighted by molar-refractivity contribution is -0.125. The molecule has 0 aliphatic rings. The molecule has 0 unspecified atom stereocenters. The van der Waals surface area contributed by atoms with Crippen molar-refractivity contribution in [2.24, 2.45) is 5.41 Å². The van der Waals surface area contributed by atoms with E-state index in [2.05, 4.69) is 37.2 Å². The Morgan fingerprint density at radius 3 is 2.39 bits per heavy atom. The lowest BCUT2D eigenvalue weighted by Gasteiger charge is -2.16. The molecule has 3 nitrogen and oxygen atoms in total. The van der Waals surface area contributed by atoms with Crippen molar-refractivity contribution < 1.29 is 9.59 Å². The van der Waals surface area contributed by atoms with Crippen LogP contribution >= 0.6 is 31.9 Å². The van der Waals surface area contributed by atoms with Gasteiger partial charge in [-0.3, -0.25) is 9.59 Å². The summed E-state index contributed by atoms with van der Waals surface area (Å²) in [5, 5.41) is 2.63. The lowest BCUT2D eigenvalue weighted by atomic mass is 9.91. The van der Waals surface area contributed by atoms with Crippen molar-refractivity contribution in [1.82, 2.24) is 5.32 Å². The van der Waals surface area contributed by atoms with E-state index in [1.165, 1.54) is 0 Å². The van der Waals surface area contributed by atoms with Gasteiger partial charge in [-0.15, -0.1) is 0 Å². The molecule has 18 heavy (non-hydrogen) atoms. The van der Waals surface area contributed by atoms with Gasteiger partial charge in [-0.1, -0.05) is 36.7 Å². The summed E-state index contributed by atoms with van der Waals surface area (Å²) >= 11 is 6.62. The molecule has 1 rings (SSSR count). The molecule has 1 amide bonds. The molecule has 1 N–H and O–H groups in total. The van der Waals surface area contributed by atoms with Crippen LogP contribution in [0.2, 0.25) is 0 Å². The van der Waals surface area contributed by atoms with Crippen LogP contribution in [0.15, 0.2) is 27.1 Å². The summed E-state index contributed by atoms with van der Waals surface area (Å²) in [6.45, 7) is 5.53. The standard InChI is InChI=1S/C13H15Br2NO2/c1-13(2,3)11(17)7-16-12(18)9-6-8(14)4-5-10(9)15/h4-6H,7H2,1-3H3,(H,16,18). The van der Waals surface area contributed by atoms with E-state index in [1.54, 1.807) is 12.1 Å². The van der Waals surface area contributed by atoms with Crippen LogP contribution in [-0.4, -0.2) is 18.2 Å². The third-order valence-electron chi connectivity index (χ3n) is 2.42. The fourth-order valence-corrected chi connectivity index (χ4v) is 1.98. The van der Waals surface area contributed by atoms with Crippen LogP contribution in [0.25, 0.3) is 0 Å². The minimum atomic E-state index is -0.443. The summed E-state index contributed by atoms with van der Waals surface area (Å²) in [5.41, 5.74) is 0.0630. The van der Waals surface area contributed by atoms with Crippen LogP contribution in [0.3, 0.4) is 0 Å². The minimum absolute atomic E-state index is 0.00182. The number of nitrogens with one attached hydrogen (secondary N) is 1. The minimum Gasteiger partial charge on any atom is -0.345 e. The van der Waals surface area contributed by atoms with Crippen LogP contribution < -0.4 is 5.32 Å². The molecule has 0 radical (unpaired) electrons. The van der Waals surface area contributed by atoms with Gasteiger partial charge in [0.1, 0.15) is 0 Å². The molecule has 0 aromatic heterocycles. The van der Waals surface area contributed by atoms with Crippen molar-refractivity contribution in [3.63, 3.8) is 0 Å². The lowest BCUT2D eigenvalue weighted by Crippen LogP contribution is -2.35. The van der Waals surface area contributed by atoms with Gasteiger partial charge in [0.05, 0.1) is 12.1 Å². The highest BCUT2D eigenvalue weighted by Crippen LogP contribution is 2.21. The molecule has 1 aromatic rings. The second-order valence-corrected chi connectivity index (χ2v) is 6.75. The zero-order valence-electron chi connectivity index (χ0n) is 10.5. The maximum absolute atomic E-state index is 11.9. The average Bonchev–Trinajstić information content (AvgIpc) is 2.27. The third kappa shape index (κ3) is 4.21. The number of hydrogen-bond donors (Lipinski definition) is 1. The van der Waals surface area contributed by atoms with Gasteiger partial charge in [0.25, 0.3) is 5.91 Å². The maximum Gasteiger partial charge on any atom is 0.252 e. The number of hydrogen-bond acceptors (Lipinski definition) is 2.